The van der Waals surface area contributed by atoms with Crippen LogP contribution in [0, 0.1) is 0 Å². The largest absolute Gasteiger partial charge is 0.462 e. The Morgan fingerprint density at radius 3 is 1.86 bits per heavy atom. The molecule has 0 aromatic heterocycles. The van der Waals surface area contributed by atoms with Crippen LogP contribution in [0.15, 0.2) is 48.5 Å². The van der Waals surface area contributed by atoms with Crippen molar-refractivity contribution in [2.24, 2.45) is 0 Å². The van der Waals surface area contributed by atoms with E-state index in [2.05, 4.69) is 32.9 Å². The molecule has 0 radical (unpaired) electrons. The van der Waals surface area contributed by atoms with E-state index in [0.717, 1.165) is 5.75 Å². The summed E-state index contributed by atoms with van der Waals surface area (Å²) in [6.45, 7) is 8.69. The van der Waals surface area contributed by atoms with E-state index in [1.807, 2.05) is 12.1 Å². The number of carbonyl (C=O) groups excluding carboxylic acids is 1. The Hall–Kier alpha value is -2.29. The first-order valence-electron chi connectivity index (χ1n) is 7.46. The molecule has 0 unspecified atom stereocenters. The summed E-state index contributed by atoms with van der Waals surface area (Å²) in [5, 5.41) is 0. The minimum atomic E-state index is -0.316. The lowest BCUT2D eigenvalue weighted by Gasteiger charge is -2.19. The smallest absolute Gasteiger partial charge is 0.338 e. The zero-order valence-electron chi connectivity index (χ0n) is 13.6. The summed E-state index contributed by atoms with van der Waals surface area (Å²) in [7, 11) is 0. The highest BCUT2D eigenvalue weighted by molar-refractivity contribution is 5.89. The molecule has 0 aliphatic carbocycles. The molecule has 0 N–H and O–H groups in total. The summed E-state index contributed by atoms with van der Waals surface area (Å²) in [6.07, 6.45) is 0. The highest BCUT2D eigenvalue weighted by Gasteiger charge is 2.13. The summed E-state index contributed by atoms with van der Waals surface area (Å²) in [4.78, 5) is 11.6. The second kappa shape index (κ2) is 6.65. The molecule has 0 bridgehead atoms. The van der Waals surface area contributed by atoms with Crippen LogP contribution in [0.4, 0.5) is 0 Å². The molecule has 0 aliphatic heterocycles. The summed E-state index contributed by atoms with van der Waals surface area (Å²) in [5.41, 5.74) is 1.91. The van der Waals surface area contributed by atoms with Gasteiger partial charge < -0.3 is 9.47 Å². The quantitative estimate of drug-likeness (QED) is 0.749. The van der Waals surface area contributed by atoms with Crippen LogP contribution in [0.3, 0.4) is 0 Å². The van der Waals surface area contributed by atoms with Gasteiger partial charge in [-0.05, 0) is 54.3 Å². The number of benzene rings is 2. The van der Waals surface area contributed by atoms with Crippen molar-refractivity contribution in [2.75, 3.05) is 6.61 Å². The summed E-state index contributed by atoms with van der Waals surface area (Å²) >= 11 is 0. The summed E-state index contributed by atoms with van der Waals surface area (Å²) in [6, 6.07) is 15.0. The van der Waals surface area contributed by atoms with E-state index in [9.17, 15) is 4.79 Å². The molecule has 2 aromatic carbocycles. The van der Waals surface area contributed by atoms with Gasteiger partial charge in [-0.15, -0.1) is 0 Å². The fourth-order valence-corrected chi connectivity index (χ4v) is 2.03. The average Bonchev–Trinajstić information content (AvgIpc) is 2.48. The van der Waals surface area contributed by atoms with Gasteiger partial charge in [-0.3, -0.25) is 0 Å². The molecule has 0 atom stereocenters. The highest BCUT2D eigenvalue weighted by Crippen LogP contribution is 2.27. The Bertz CT molecular complexity index is 619. The number of hydrogen-bond donors (Lipinski definition) is 0. The number of carbonyl (C=O) groups is 1. The molecule has 0 saturated carbocycles. The number of hydrogen-bond acceptors (Lipinski definition) is 3. The molecule has 0 saturated heterocycles. The van der Waals surface area contributed by atoms with Crippen molar-refractivity contribution in [3.05, 3.63) is 59.7 Å². The van der Waals surface area contributed by atoms with Crippen molar-refractivity contribution in [1.82, 2.24) is 0 Å². The van der Waals surface area contributed by atoms with E-state index in [1.165, 1.54) is 5.56 Å². The van der Waals surface area contributed by atoms with Gasteiger partial charge >= 0.3 is 5.97 Å². The maximum atomic E-state index is 11.6. The van der Waals surface area contributed by atoms with E-state index in [1.54, 1.807) is 31.2 Å². The van der Waals surface area contributed by atoms with Crippen LogP contribution in [-0.2, 0) is 10.2 Å². The first-order valence-corrected chi connectivity index (χ1v) is 7.46. The molecule has 3 heteroatoms. The molecule has 0 fully saturated rings. The number of esters is 1. The maximum Gasteiger partial charge on any atom is 0.338 e. The molecule has 22 heavy (non-hydrogen) atoms. The van der Waals surface area contributed by atoms with Crippen LogP contribution >= 0.6 is 0 Å². The third-order valence-corrected chi connectivity index (χ3v) is 3.32. The van der Waals surface area contributed by atoms with Gasteiger partial charge in [0.2, 0.25) is 0 Å². The predicted molar refractivity (Wildman–Crippen MR) is 87.6 cm³/mol. The van der Waals surface area contributed by atoms with Gasteiger partial charge in [0.1, 0.15) is 11.5 Å². The highest BCUT2D eigenvalue weighted by atomic mass is 16.5. The van der Waals surface area contributed by atoms with Gasteiger partial charge in [0.15, 0.2) is 0 Å². The molecule has 2 rings (SSSR count). The first-order chi connectivity index (χ1) is 10.4. The van der Waals surface area contributed by atoms with E-state index in [0.29, 0.717) is 17.9 Å². The average molecular weight is 298 g/mol. The predicted octanol–water partition coefficient (Wildman–Crippen LogP) is 4.95. The lowest BCUT2D eigenvalue weighted by atomic mass is 9.87. The Kier molecular flexibility index (Phi) is 4.86. The maximum absolute atomic E-state index is 11.6. The van der Waals surface area contributed by atoms with Crippen molar-refractivity contribution in [3.63, 3.8) is 0 Å². The van der Waals surface area contributed by atoms with Crippen molar-refractivity contribution in [3.8, 4) is 11.5 Å². The van der Waals surface area contributed by atoms with Crippen LogP contribution in [0.25, 0.3) is 0 Å². The molecular formula is C19H22O3. The summed E-state index contributed by atoms with van der Waals surface area (Å²) in [5.74, 6) is 1.15. The van der Waals surface area contributed by atoms with Crippen LogP contribution in [-0.4, -0.2) is 12.6 Å². The zero-order chi connectivity index (χ0) is 16.2. The van der Waals surface area contributed by atoms with Crippen molar-refractivity contribution in [1.29, 1.82) is 0 Å². The Morgan fingerprint density at radius 2 is 1.41 bits per heavy atom. The topological polar surface area (TPSA) is 35.5 Å². The first kappa shape index (κ1) is 16.1. The Morgan fingerprint density at radius 1 is 0.909 bits per heavy atom. The molecule has 0 spiro atoms. The molecule has 116 valence electrons. The second-order valence-electron chi connectivity index (χ2n) is 6.12. The van der Waals surface area contributed by atoms with Crippen LogP contribution in [0.1, 0.15) is 43.6 Å². The van der Waals surface area contributed by atoms with Crippen LogP contribution in [0.5, 0.6) is 11.5 Å². The van der Waals surface area contributed by atoms with E-state index < -0.39 is 0 Å². The van der Waals surface area contributed by atoms with E-state index in [-0.39, 0.29) is 11.4 Å². The van der Waals surface area contributed by atoms with E-state index >= 15 is 0 Å². The van der Waals surface area contributed by atoms with E-state index in [4.69, 9.17) is 9.47 Å². The normalized spacial score (nSPS) is 11.1. The molecule has 2 aromatic rings. The standard InChI is InChI=1S/C19H22O3/c1-5-21-18(20)14-6-10-16(11-7-14)22-17-12-8-15(9-13-17)19(2,3)4/h6-13H,5H2,1-4H3. The molecular weight excluding hydrogens is 276 g/mol. The SMILES string of the molecule is CCOC(=O)c1ccc(Oc2ccc(C(C)(C)C)cc2)cc1. The lowest BCUT2D eigenvalue weighted by Crippen LogP contribution is -2.10. The van der Waals surface area contributed by atoms with Gasteiger partial charge in [0, 0.05) is 0 Å². The molecule has 0 aliphatic rings. The van der Waals surface area contributed by atoms with Gasteiger partial charge in [-0.2, -0.15) is 0 Å². The fraction of sp³-hybridized carbons (Fsp3) is 0.316. The van der Waals surface area contributed by atoms with Crippen molar-refractivity contribution < 1.29 is 14.3 Å². The molecule has 3 nitrogen and oxygen atoms in total. The molecule has 0 heterocycles. The van der Waals surface area contributed by atoms with Crippen LogP contribution < -0.4 is 4.74 Å². The minimum Gasteiger partial charge on any atom is -0.462 e. The zero-order valence-corrected chi connectivity index (χ0v) is 13.6. The number of ether oxygens (including phenoxy) is 2. The lowest BCUT2D eigenvalue weighted by molar-refractivity contribution is 0.0526. The third-order valence-electron chi connectivity index (χ3n) is 3.32. The van der Waals surface area contributed by atoms with Gasteiger partial charge in [0.05, 0.1) is 12.2 Å². The Balaban J connectivity index is 2.06. The van der Waals surface area contributed by atoms with Gasteiger partial charge in [-0.1, -0.05) is 32.9 Å². The fourth-order valence-electron chi connectivity index (χ4n) is 2.03. The van der Waals surface area contributed by atoms with Gasteiger partial charge in [0.25, 0.3) is 0 Å². The Labute approximate surface area is 131 Å². The number of rotatable bonds is 4. The minimum absolute atomic E-state index is 0.125. The van der Waals surface area contributed by atoms with Crippen molar-refractivity contribution >= 4 is 5.97 Å². The third kappa shape index (κ3) is 4.10. The van der Waals surface area contributed by atoms with Crippen molar-refractivity contribution in [2.45, 2.75) is 33.1 Å². The van der Waals surface area contributed by atoms with Crippen LogP contribution in [0.2, 0.25) is 0 Å². The summed E-state index contributed by atoms with van der Waals surface area (Å²) < 4.78 is 10.7. The monoisotopic (exact) mass is 298 g/mol. The molecule has 0 amide bonds. The second-order valence-corrected chi connectivity index (χ2v) is 6.12. The van der Waals surface area contributed by atoms with Gasteiger partial charge in [-0.25, -0.2) is 4.79 Å².